The lowest BCUT2D eigenvalue weighted by Crippen LogP contribution is -2.49. The maximum atomic E-state index is 13.2. The van der Waals surface area contributed by atoms with Gasteiger partial charge in [-0.3, -0.25) is 4.79 Å². The number of carbonyl (C=O) groups is 1. The number of rotatable bonds is 13. The summed E-state index contributed by atoms with van der Waals surface area (Å²) in [5.41, 5.74) is 6.54. The topological polar surface area (TPSA) is 51.2 Å². The van der Waals surface area contributed by atoms with E-state index in [-0.39, 0.29) is 5.91 Å². The number of hydrogen-bond acceptors (Lipinski definition) is 5. The molecule has 1 amide bonds. The number of hydrogen-bond donors (Lipinski definition) is 0. The molecule has 0 aliphatic carbocycles. The summed E-state index contributed by atoms with van der Waals surface area (Å²) < 4.78 is 17.7. The van der Waals surface area contributed by atoms with Crippen LogP contribution in [0.5, 0.6) is 11.5 Å². The summed E-state index contributed by atoms with van der Waals surface area (Å²) in [6.07, 6.45) is 0. The third-order valence-electron chi connectivity index (χ3n) is 8.60. The van der Waals surface area contributed by atoms with Crippen LogP contribution in [-0.2, 0) is 17.5 Å². The second-order valence-electron chi connectivity index (χ2n) is 11.9. The van der Waals surface area contributed by atoms with Crippen LogP contribution < -0.4 is 19.3 Å². The molecule has 220 valence electrons. The molecular weight excluding hydrogens is 528 g/mol. The van der Waals surface area contributed by atoms with Crippen molar-refractivity contribution in [2.75, 3.05) is 37.2 Å². The maximum absolute atomic E-state index is 13.2. The summed E-state index contributed by atoms with van der Waals surface area (Å²) in [5.74, 6) is 1.64. The summed E-state index contributed by atoms with van der Waals surface area (Å²) in [5, 5.41) is 0. The molecule has 0 spiro atoms. The van der Waals surface area contributed by atoms with Gasteiger partial charge >= 0.3 is 0 Å². The summed E-state index contributed by atoms with van der Waals surface area (Å²) >= 11 is 0. The highest BCUT2D eigenvalue weighted by atomic mass is 28.4. The number of ether oxygens (including phenoxy) is 2. The minimum Gasteiger partial charge on any atom is -0.497 e. The van der Waals surface area contributed by atoms with Gasteiger partial charge in [-0.1, -0.05) is 53.7 Å². The third-order valence-corrected chi connectivity index (χ3v) is 14.7. The number of benzene rings is 3. The molecule has 1 aliphatic rings. The van der Waals surface area contributed by atoms with Gasteiger partial charge in [0.05, 0.1) is 27.4 Å². The SMILES string of the molecule is COc1ccc(CN(CCO[Si](C(C)C)(C(C)C)C(C)C)c2ccc(N3Cc4cc(OC)ccc4C3=O)cc2)cc1. The van der Waals surface area contributed by atoms with Gasteiger partial charge in [-0.2, -0.15) is 0 Å². The highest BCUT2D eigenvalue weighted by molar-refractivity contribution is 6.77. The van der Waals surface area contributed by atoms with E-state index < -0.39 is 8.32 Å². The molecule has 0 radical (unpaired) electrons. The minimum atomic E-state index is -1.97. The van der Waals surface area contributed by atoms with Gasteiger partial charge < -0.3 is 23.7 Å². The summed E-state index contributed by atoms with van der Waals surface area (Å²) in [4.78, 5) is 17.4. The van der Waals surface area contributed by atoms with Crippen molar-refractivity contribution in [3.8, 4) is 11.5 Å². The molecular formula is C34H46N2O4Si. The standard InChI is InChI=1S/C34H46N2O4Si/c1-24(2)41(25(3)4,26(5)6)40-20-19-35(22-27-9-15-31(38-7)16-10-27)29-11-13-30(14-12-29)36-23-28-21-32(39-8)17-18-33(28)34(36)37/h9-18,21,24-26H,19-20,22-23H2,1-8H3. The zero-order valence-corrected chi connectivity index (χ0v) is 26.9. The number of amides is 1. The van der Waals surface area contributed by atoms with Gasteiger partial charge in [0.25, 0.3) is 5.91 Å². The second-order valence-corrected chi connectivity index (χ2v) is 17.3. The predicted octanol–water partition coefficient (Wildman–Crippen LogP) is 8.06. The van der Waals surface area contributed by atoms with Gasteiger partial charge in [-0.05, 0) is 82.3 Å². The molecule has 6 nitrogen and oxygen atoms in total. The Morgan fingerprint density at radius 2 is 1.39 bits per heavy atom. The monoisotopic (exact) mass is 574 g/mol. The number of anilines is 2. The highest BCUT2D eigenvalue weighted by Gasteiger charge is 2.45. The molecule has 3 aromatic rings. The Kier molecular flexibility index (Phi) is 9.82. The first-order valence-corrected chi connectivity index (χ1v) is 16.8. The van der Waals surface area contributed by atoms with Crippen LogP contribution in [0, 0.1) is 0 Å². The van der Waals surface area contributed by atoms with Crippen molar-refractivity contribution in [3.05, 3.63) is 83.4 Å². The van der Waals surface area contributed by atoms with Crippen molar-refractivity contribution >= 4 is 25.6 Å². The van der Waals surface area contributed by atoms with E-state index >= 15 is 0 Å². The van der Waals surface area contributed by atoms with Crippen LogP contribution in [0.3, 0.4) is 0 Å². The van der Waals surface area contributed by atoms with Gasteiger partial charge in [0, 0.05) is 30.0 Å². The van der Waals surface area contributed by atoms with Crippen molar-refractivity contribution < 1.29 is 18.7 Å². The zero-order valence-electron chi connectivity index (χ0n) is 25.9. The van der Waals surface area contributed by atoms with E-state index in [2.05, 4.69) is 70.7 Å². The van der Waals surface area contributed by atoms with Crippen molar-refractivity contribution in [2.24, 2.45) is 0 Å². The molecule has 0 atom stereocenters. The molecule has 0 fully saturated rings. The molecule has 0 bridgehead atoms. The number of carbonyl (C=O) groups excluding carboxylic acids is 1. The van der Waals surface area contributed by atoms with Gasteiger partial charge in [0.1, 0.15) is 11.5 Å². The van der Waals surface area contributed by atoms with Crippen LogP contribution >= 0.6 is 0 Å². The molecule has 0 aromatic heterocycles. The van der Waals surface area contributed by atoms with Crippen LogP contribution in [0.2, 0.25) is 16.6 Å². The molecule has 3 aromatic carbocycles. The van der Waals surface area contributed by atoms with E-state index in [1.165, 1.54) is 5.56 Å². The van der Waals surface area contributed by atoms with Crippen LogP contribution in [0.25, 0.3) is 0 Å². The van der Waals surface area contributed by atoms with E-state index in [4.69, 9.17) is 13.9 Å². The Labute approximate surface area is 247 Å². The summed E-state index contributed by atoms with van der Waals surface area (Å²) in [6, 6.07) is 22.2. The lowest BCUT2D eigenvalue weighted by Gasteiger charge is -2.42. The number of fused-ring (bicyclic) bond motifs is 1. The number of methoxy groups -OCH3 is 2. The van der Waals surface area contributed by atoms with Crippen LogP contribution in [0.1, 0.15) is 63.0 Å². The molecule has 0 unspecified atom stereocenters. The van der Waals surface area contributed by atoms with Crippen LogP contribution in [0.4, 0.5) is 11.4 Å². The van der Waals surface area contributed by atoms with E-state index in [0.29, 0.717) is 29.8 Å². The molecule has 0 N–H and O–H groups in total. The first-order valence-electron chi connectivity index (χ1n) is 14.7. The van der Waals surface area contributed by atoms with Crippen molar-refractivity contribution in [1.29, 1.82) is 0 Å². The van der Waals surface area contributed by atoms with E-state index in [0.717, 1.165) is 47.1 Å². The molecule has 41 heavy (non-hydrogen) atoms. The zero-order chi connectivity index (χ0) is 29.7. The normalized spacial score (nSPS) is 13.3. The minimum absolute atomic E-state index is 0.0243. The highest BCUT2D eigenvalue weighted by Crippen LogP contribution is 2.42. The molecule has 1 heterocycles. The van der Waals surface area contributed by atoms with Crippen molar-refractivity contribution in [3.63, 3.8) is 0 Å². The van der Waals surface area contributed by atoms with Gasteiger partial charge in [-0.25, -0.2) is 0 Å². The first-order chi connectivity index (χ1) is 19.6. The molecule has 0 saturated carbocycles. The smallest absolute Gasteiger partial charge is 0.258 e. The first kappa shape index (κ1) is 30.7. The average Bonchev–Trinajstić information content (AvgIpc) is 3.29. The largest absolute Gasteiger partial charge is 0.497 e. The quantitative estimate of drug-likeness (QED) is 0.193. The Morgan fingerprint density at radius 3 is 1.95 bits per heavy atom. The van der Waals surface area contributed by atoms with Gasteiger partial charge in [0.2, 0.25) is 0 Å². The summed E-state index contributed by atoms with van der Waals surface area (Å²) in [6.45, 7) is 16.7. The van der Waals surface area contributed by atoms with Crippen molar-refractivity contribution in [1.82, 2.24) is 0 Å². The Bertz CT molecular complexity index is 1280. The third kappa shape index (κ3) is 6.46. The van der Waals surface area contributed by atoms with E-state index in [1.807, 2.05) is 47.4 Å². The lowest BCUT2D eigenvalue weighted by atomic mass is 10.1. The molecule has 4 rings (SSSR count). The average molecular weight is 575 g/mol. The molecule has 1 aliphatic heterocycles. The Balaban J connectivity index is 1.55. The molecule has 7 heteroatoms. The van der Waals surface area contributed by atoms with E-state index in [1.54, 1.807) is 14.2 Å². The Hall–Kier alpha value is -3.29. The lowest BCUT2D eigenvalue weighted by molar-refractivity contribution is 0.0996. The second kappa shape index (κ2) is 13.1. The van der Waals surface area contributed by atoms with Crippen LogP contribution in [-0.4, -0.2) is 41.6 Å². The number of nitrogens with zero attached hydrogens (tertiary/aromatic N) is 2. The fourth-order valence-corrected chi connectivity index (χ4v) is 12.0. The van der Waals surface area contributed by atoms with E-state index in [9.17, 15) is 4.79 Å². The Morgan fingerprint density at radius 1 is 0.805 bits per heavy atom. The van der Waals surface area contributed by atoms with Crippen molar-refractivity contribution in [2.45, 2.75) is 71.3 Å². The fraction of sp³-hybridized carbons (Fsp3) is 0.441. The predicted molar refractivity (Wildman–Crippen MR) is 171 cm³/mol. The fourth-order valence-electron chi connectivity index (χ4n) is 6.56. The summed E-state index contributed by atoms with van der Waals surface area (Å²) in [7, 11) is 1.37. The maximum Gasteiger partial charge on any atom is 0.258 e. The van der Waals surface area contributed by atoms with Crippen LogP contribution in [0.15, 0.2) is 66.7 Å². The van der Waals surface area contributed by atoms with Gasteiger partial charge in [-0.15, -0.1) is 0 Å². The van der Waals surface area contributed by atoms with Gasteiger partial charge in [0.15, 0.2) is 8.32 Å². The molecule has 0 saturated heterocycles.